The van der Waals surface area contributed by atoms with E-state index >= 15 is 0 Å². The maximum absolute atomic E-state index is 6.05. The molecule has 1 aliphatic heterocycles. The van der Waals surface area contributed by atoms with Crippen molar-refractivity contribution in [3.05, 3.63) is 28.8 Å². The average Bonchev–Trinajstić information content (AvgIpc) is 2.35. The van der Waals surface area contributed by atoms with Gasteiger partial charge in [0.2, 0.25) is 0 Å². The summed E-state index contributed by atoms with van der Waals surface area (Å²) in [6.07, 6.45) is 4.94. The van der Waals surface area contributed by atoms with Crippen molar-refractivity contribution in [2.24, 2.45) is 0 Å². The van der Waals surface area contributed by atoms with Crippen molar-refractivity contribution < 1.29 is 4.74 Å². The Labute approximate surface area is 115 Å². The SMILES string of the molecule is CCCC1CC(Nc2cc(Cl)ccc2C)CCO1. The molecule has 1 saturated heterocycles. The van der Waals surface area contributed by atoms with Gasteiger partial charge in [0.15, 0.2) is 0 Å². The fraction of sp³-hybridized carbons (Fsp3) is 0.600. The number of nitrogens with one attached hydrogen (secondary N) is 1. The van der Waals surface area contributed by atoms with Gasteiger partial charge in [0.05, 0.1) is 6.10 Å². The number of benzene rings is 1. The molecule has 100 valence electrons. The van der Waals surface area contributed by atoms with Crippen molar-refractivity contribution in [1.29, 1.82) is 0 Å². The van der Waals surface area contributed by atoms with Gasteiger partial charge in [0.25, 0.3) is 0 Å². The fourth-order valence-electron chi connectivity index (χ4n) is 2.50. The molecule has 18 heavy (non-hydrogen) atoms. The standard InChI is InChI=1S/C15H22ClNO/c1-3-4-14-10-13(7-8-18-14)17-15-9-12(16)6-5-11(15)2/h5-6,9,13-14,17H,3-4,7-8,10H2,1-2H3. The lowest BCUT2D eigenvalue weighted by molar-refractivity contribution is 0.00597. The largest absolute Gasteiger partial charge is 0.382 e. The summed E-state index contributed by atoms with van der Waals surface area (Å²) in [6, 6.07) is 6.52. The third-order valence-electron chi connectivity index (χ3n) is 3.54. The van der Waals surface area contributed by atoms with Gasteiger partial charge in [-0.2, -0.15) is 0 Å². The number of anilines is 1. The molecule has 2 rings (SSSR count). The second-order valence-electron chi connectivity index (χ2n) is 5.11. The Balaban J connectivity index is 1.98. The van der Waals surface area contributed by atoms with E-state index in [0.29, 0.717) is 12.1 Å². The zero-order valence-corrected chi connectivity index (χ0v) is 12.0. The molecule has 2 nitrogen and oxygen atoms in total. The zero-order chi connectivity index (χ0) is 13.0. The second kappa shape index (κ2) is 6.44. The Kier molecular flexibility index (Phi) is 4.90. The first-order valence-corrected chi connectivity index (χ1v) is 7.21. The van der Waals surface area contributed by atoms with E-state index in [1.165, 1.54) is 12.0 Å². The van der Waals surface area contributed by atoms with Gasteiger partial charge < -0.3 is 10.1 Å². The van der Waals surface area contributed by atoms with Crippen LogP contribution in [0, 0.1) is 6.92 Å². The van der Waals surface area contributed by atoms with Crippen LogP contribution in [-0.2, 0) is 4.74 Å². The minimum absolute atomic E-state index is 0.417. The maximum atomic E-state index is 6.05. The lowest BCUT2D eigenvalue weighted by Gasteiger charge is -2.31. The second-order valence-corrected chi connectivity index (χ2v) is 5.54. The van der Waals surface area contributed by atoms with E-state index in [0.717, 1.165) is 36.6 Å². The average molecular weight is 268 g/mol. The van der Waals surface area contributed by atoms with Crippen LogP contribution in [0.1, 0.15) is 38.2 Å². The van der Waals surface area contributed by atoms with Gasteiger partial charge in [0, 0.05) is 23.4 Å². The molecule has 2 atom stereocenters. The minimum Gasteiger partial charge on any atom is -0.382 e. The molecule has 2 unspecified atom stereocenters. The molecule has 0 aliphatic carbocycles. The van der Waals surface area contributed by atoms with Gasteiger partial charge in [0.1, 0.15) is 0 Å². The highest BCUT2D eigenvalue weighted by atomic mass is 35.5. The van der Waals surface area contributed by atoms with Crippen LogP contribution in [0.2, 0.25) is 5.02 Å². The van der Waals surface area contributed by atoms with Crippen molar-refractivity contribution in [2.45, 2.75) is 51.7 Å². The molecule has 1 heterocycles. The van der Waals surface area contributed by atoms with Crippen molar-refractivity contribution in [2.75, 3.05) is 11.9 Å². The van der Waals surface area contributed by atoms with Crippen molar-refractivity contribution in [3.8, 4) is 0 Å². The Bertz CT molecular complexity index is 392. The summed E-state index contributed by atoms with van der Waals surface area (Å²) in [7, 11) is 0. The highest BCUT2D eigenvalue weighted by Crippen LogP contribution is 2.25. The number of hydrogen-bond acceptors (Lipinski definition) is 2. The lowest BCUT2D eigenvalue weighted by Crippen LogP contribution is -2.34. The van der Waals surface area contributed by atoms with Gasteiger partial charge >= 0.3 is 0 Å². The molecule has 0 spiro atoms. The Hall–Kier alpha value is -0.730. The molecular weight excluding hydrogens is 246 g/mol. The molecule has 0 radical (unpaired) electrons. The summed E-state index contributed by atoms with van der Waals surface area (Å²) >= 11 is 6.05. The van der Waals surface area contributed by atoms with Crippen molar-refractivity contribution in [1.82, 2.24) is 0 Å². The summed E-state index contributed by atoms with van der Waals surface area (Å²) in [5.74, 6) is 0. The topological polar surface area (TPSA) is 21.3 Å². The highest BCUT2D eigenvalue weighted by Gasteiger charge is 2.22. The molecule has 0 saturated carbocycles. The predicted molar refractivity (Wildman–Crippen MR) is 77.5 cm³/mol. The smallest absolute Gasteiger partial charge is 0.0594 e. The molecule has 1 N–H and O–H groups in total. The molecule has 1 aromatic rings. The van der Waals surface area contributed by atoms with Crippen molar-refractivity contribution in [3.63, 3.8) is 0 Å². The van der Waals surface area contributed by atoms with Crippen LogP contribution in [0.4, 0.5) is 5.69 Å². The fourth-order valence-corrected chi connectivity index (χ4v) is 2.68. The number of rotatable bonds is 4. The summed E-state index contributed by atoms with van der Waals surface area (Å²) < 4.78 is 5.77. The van der Waals surface area contributed by atoms with E-state index in [9.17, 15) is 0 Å². The van der Waals surface area contributed by atoms with Gasteiger partial charge in [-0.15, -0.1) is 0 Å². The number of halogens is 1. The summed E-state index contributed by atoms with van der Waals surface area (Å²) in [5, 5.41) is 4.41. The Morgan fingerprint density at radius 2 is 2.28 bits per heavy atom. The van der Waals surface area contributed by atoms with Crippen molar-refractivity contribution >= 4 is 17.3 Å². The van der Waals surface area contributed by atoms with Crippen LogP contribution in [0.5, 0.6) is 0 Å². The quantitative estimate of drug-likeness (QED) is 0.873. The predicted octanol–water partition coefficient (Wildman–Crippen LogP) is 4.41. The first-order valence-electron chi connectivity index (χ1n) is 6.83. The zero-order valence-electron chi connectivity index (χ0n) is 11.2. The van der Waals surface area contributed by atoms with Crippen LogP contribution in [0.25, 0.3) is 0 Å². The first kappa shape index (κ1) is 13.7. The first-order chi connectivity index (χ1) is 8.69. The van der Waals surface area contributed by atoms with Gasteiger partial charge in [-0.25, -0.2) is 0 Å². The van der Waals surface area contributed by atoms with E-state index in [4.69, 9.17) is 16.3 Å². The molecular formula is C15H22ClNO. The van der Waals surface area contributed by atoms with E-state index in [1.807, 2.05) is 12.1 Å². The molecule has 0 amide bonds. The molecule has 0 bridgehead atoms. The number of hydrogen-bond donors (Lipinski definition) is 1. The van der Waals surface area contributed by atoms with Crippen LogP contribution >= 0.6 is 11.6 Å². The lowest BCUT2D eigenvalue weighted by atomic mass is 9.99. The Morgan fingerprint density at radius 3 is 3.06 bits per heavy atom. The van der Waals surface area contributed by atoms with Crippen LogP contribution in [0.15, 0.2) is 18.2 Å². The summed E-state index contributed by atoms with van der Waals surface area (Å²) in [6.45, 7) is 5.19. The molecule has 0 aromatic heterocycles. The van der Waals surface area contributed by atoms with Crippen LogP contribution in [-0.4, -0.2) is 18.8 Å². The third-order valence-corrected chi connectivity index (χ3v) is 3.77. The van der Waals surface area contributed by atoms with Gasteiger partial charge in [-0.05, 0) is 43.9 Å². The maximum Gasteiger partial charge on any atom is 0.0594 e. The van der Waals surface area contributed by atoms with Gasteiger partial charge in [-0.1, -0.05) is 31.0 Å². The van der Waals surface area contributed by atoms with Crippen LogP contribution in [0.3, 0.4) is 0 Å². The molecule has 1 aromatic carbocycles. The normalized spacial score (nSPS) is 23.9. The van der Waals surface area contributed by atoms with E-state index < -0.39 is 0 Å². The minimum atomic E-state index is 0.417. The number of ether oxygens (including phenoxy) is 1. The Morgan fingerprint density at radius 1 is 1.44 bits per heavy atom. The monoisotopic (exact) mass is 267 g/mol. The molecule has 1 fully saturated rings. The van der Waals surface area contributed by atoms with Crippen LogP contribution < -0.4 is 5.32 Å². The van der Waals surface area contributed by atoms with E-state index in [2.05, 4.69) is 25.2 Å². The van der Waals surface area contributed by atoms with Gasteiger partial charge in [-0.3, -0.25) is 0 Å². The summed E-state index contributed by atoms with van der Waals surface area (Å²) in [4.78, 5) is 0. The summed E-state index contributed by atoms with van der Waals surface area (Å²) in [5.41, 5.74) is 2.41. The molecule has 1 aliphatic rings. The van der Waals surface area contributed by atoms with E-state index in [-0.39, 0.29) is 0 Å². The van der Waals surface area contributed by atoms with E-state index in [1.54, 1.807) is 0 Å². The molecule has 3 heteroatoms. The highest BCUT2D eigenvalue weighted by molar-refractivity contribution is 6.30. The third kappa shape index (κ3) is 3.63. The number of aryl methyl sites for hydroxylation is 1.